The van der Waals surface area contributed by atoms with Gasteiger partial charge < -0.3 is 10.1 Å². The maximum absolute atomic E-state index is 12.2. The number of esters is 1. The first-order chi connectivity index (χ1) is 9.06. The van der Waals surface area contributed by atoms with E-state index in [-0.39, 0.29) is 18.1 Å². The molecule has 19 heavy (non-hydrogen) atoms. The van der Waals surface area contributed by atoms with Gasteiger partial charge >= 0.3 is 5.97 Å². The van der Waals surface area contributed by atoms with Gasteiger partial charge in [0.25, 0.3) is 0 Å². The summed E-state index contributed by atoms with van der Waals surface area (Å²) in [4.78, 5) is 14.5. The maximum Gasteiger partial charge on any atom is 0.323 e. The number of carbonyl (C=O) groups is 1. The molecule has 1 aliphatic heterocycles. The van der Waals surface area contributed by atoms with Crippen molar-refractivity contribution in [1.82, 2.24) is 10.2 Å². The fourth-order valence-electron chi connectivity index (χ4n) is 3.45. The summed E-state index contributed by atoms with van der Waals surface area (Å²) in [5.41, 5.74) is 0. The Morgan fingerprint density at radius 2 is 1.74 bits per heavy atom. The van der Waals surface area contributed by atoms with Crippen LogP contribution in [0.5, 0.6) is 0 Å². The third kappa shape index (κ3) is 4.18. The molecule has 0 aromatic rings. The van der Waals surface area contributed by atoms with E-state index >= 15 is 0 Å². The molecule has 2 rings (SSSR count). The number of carbonyl (C=O) groups excluding carboxylic acids is 1. The maximum atomic E-state index is 12.2. The molecule has 3 unspecified atom stereocenters. The van der Waals surface area contributed by atoms with Crippen LogP contribution < -0.4 is 5.32 Å². The first-order valence-electron chi connectivity index (χ1n) is 7.71. The minimum Gasteiger partial charge on any atom is -0.461 e. The van der Waals surface area contributed by atoms with E-state index in [4.69, 9.17) is 4.74 Å². The molecule has 1 N–H and O–H groups in total. The van der Waals surface area contributed by atoms with Crippen LogP contribution in [0.2, 0.25) is 0 Å². The minimum absolute atomic E-state index is 0.0341. The van der Waals surface area contributed by atoms with E-state index in [9.17, 15) is 4.79 Å². The lowest BCUT2D eigenvalue weighted by atomic mass is 9.82. The van der Waals surface area contributed by atoms with Crippen LogP contribution in [-0.4, -0.2) is 49.2 Å². The van der Waals surface area contributed by atoms with Crippen molar-refractivity contribution in [2.24, 2.45) is 11.8 Å². The fourth-order valence-corrected chi connectivity index (χ4v) is 3.45. The largest absolute Gasteiger partial charge is 0.461 e. The lowest BCUT2D eigenvalue weighted by Gasteiger charge is -2.35. The van der Waals surface area contributed by atoms with E-state index in [2.05, 4.69) is 24.1 Å². The first kappa shape index (κ1) is 14.8. The van der Waals surface area contributed by atoms with Gasteiger partial charge in [-0.3, -0.25) is 9.69 Å². The van der Waals surface area contributed by atoms with Crippen molar-refractivity contribution in [3.63, 3.8) is 0 Å². The van der Waals surface area contributed by atoms with Crippen LogP contribution in [0.15, 0.2) is 0 Å². The Morgan fingerprint density at radius 3 is 2.32 bits per heavy atom. The van der Waals surface area contributed by atoms with Crippen LogP contribution in [0.1, 0.15) is 40.0 Å². The predicted octanol–water partition coefficient (Wildman–Crippen LogP) is 1.65. The van der Waals surface area contributed by atoms with Crippen LogP contribution >= 0.6 is 0 Å². The number of rotatable bonds is 3. The molecular formula is C15H28N2O2. The number of piperazine rings is 1. The second-order valence-electron chi connectivity index (χ2n) is 6.44. The van der Waals surface area contributed by atoms with Crippen molar-refractivity contribution in [3.05, 3.63) is 0 Å². The molecule has 0 aromatic heterocycles. The standard InChI is InChI=1S/C15H28N2O2/c1-11-8-12(2)10-14(9-11)19-15(18)13(3)17-6-4-16-5-7-17/h11-14,16H,4-10H2,1-3H3. The van der Waals surface area contributed by atoms with Gasteiger partial charge in [0, 0.05) is 26.2 Å². The molecule has 1 saturated heterocycles. The molecule has 1 aliphatic carbocycles. The van der Waals surface area contributed by atoms with Gasteiger partial charge in [-0.1, -0.05) is 13.8 Å². The Hall–Kier alpha value is -0.610. The lowest BCUT2D eigenvalue weighted by Crippen LogP contribution is -2.51. The molecule has 2 fully saturated rings. The van der Waals surface area contributed by atoms with Crippen LogP contribution in [0.25, 0.3) is 0 Å². The van der Waals surface area contributed by atoms with E-state index in [1.807, 2.05) is 6.92 Å². The van der Waals surface area contributed by atoms with Gasteiger partial charge in [-0.05, 0) is 38.0 Å². The van der Waals surface area contributed by atoms with Crippen LogP contribution in [-0.2, 0) is 9.53 Å². The van der Waals surface area contributed by atoms with Crippen molar-refractivity contribution < 1.29 is 9.53 Å². The molecular weight excluding hydrogens is 240 g/mol. The third-order valence-electron chi connectivity index (χ3n) is 4.46. The van der Waals surface area contributed by atoms with Crippen LogP contribution in [0, 0.1) is 11.8 Å². The number of ether oxygens (including phenoxy) is 1. The van der Waals surface area contributed by atoms with E-state index in [0.717, 1.165) is 39.0 Å². The monoisotopic (exact) mass is 268 g/mol. The Kier molecular flexibility index (Phi) is 5.22. The van der Waals surface area contributed by atoms with E-state index < -0.39 is 0 Å². The lowest BCUT2D eigenvalue weighted by molar-refractivity contribution is -0.158. The average Bonchev–Trinajstić information content (AvgIpc) is 2.37. The summed E-state index contributed by atoms with van der Waals surface area (Å²) in [6.45, 7) is 10.3. The van der Waals surface area contributed by atoms with Gasteiger partial charge in [-0.2, -0.15) is 0 Å². The molecule has 4 nitrogen and oxygen atoms in total. The van der Waals surface area contributed by atoms with Gasteiger partial charge in [0.2, 0.25) is 0 Å². The van der Waals surface area contributed by atoms with Gasteiger partial charge in [0.1, 0.15) is 12.1 Å². The van der Waals surface area contributed by atoms with Gasteiger partial charge in [-0.15, -0.1) is 0 Å². The Balaban J connectivity index is 1.82. The third-order valence-corrected chi connectivity index (χ3v) is 4.46. The number of nitrogens with zero attached hydrogens (tertiary/aromatic N) is 1. The van der Waals surface area contributed by atoms with Crippen molar-refractivity contribution in [3.8, 4) is 0 Å². The molecule has 0 bridgehead atoms. The Bertz CT molecular complexity index is 293. The van der Waals surface area contributed by atoms with Gasteiger partial charge in [0.15, 0.2) is 0 Å². The van der Waals surface area contributed by atoms with Crippen molar-refractivity contribution >= 4 is 5.97 Å². The highest BCUT2D eigenvalue weighted by Crippen LogP contribution is 2.30. The second kappa shape index (κ2) is 6.71. The molecule has 2 aliphatic rings. The number of hydrogen-bond donors (Lipinski definition) is 1. The zero-order valence-electron chi connectivity index (χ0n) is 12.5. The molecule has 3 atom stereocenters. The number of hydrogen-bond acceptors (Lipinski definition) is 4. The zero-order valence-corrected chi connectivity index (χ0v) is 12.5. The van der Waals surface area contributed by atoms with E-state index in [1.165, 1.54) is 6.42 Å². The summed E-state index contributed by atoms with van der Waals surface area (Å²) < 4.78 is 5.75. The van der Waals surface area contributed by atoms with Crippen molar-refractivity contribution in [2.45, 2.75) is 52.2 Å². The van der Waals surface area contributed by atoms with Gasteiger partial charge in [0.05, 0.1) is 0 Å². The van der Waals surface area contributed by atoms with E-state index in [1.54, 1.807) is 0 Å². The summed E-state index contributed by atoms with van der Waals surface area (Å²) in [6.07, 6.45) is 3.47. The second-order valence-corrected chi connectivity index (χ2v) is 6.44. The highest BCUT2D eigenvalue weighted by molar-refractivity contribution is 5.75. The first-order valence-corrected chi connectivity index (χ1v) is 7.71. The Labute approximate surface area is 116 Å². The smallest absolute Gasteiger partial charge is 0.323 e. The Morgan fingerprint density at radius 1 is 1.16 bits per heavy atom. The quantitative estimate of drug-likeness (QED) is 0.790. The summed E-state index contributed by atoms with van der Waals surface area (Å²) in [5.74, 6) is 1.32. The molecule has 1 saturated carbocycles. The van der Waals surface area contributed by atoms with Crippen LogP contribution in [0.3, 0.4) is 0 Å². The predicted molar refractivity (Wildman–Crippen MR) is 76.0 cm³/mol. The minimum atomic E-state index is -0.102. The normalized spacial score (nSPS) is 34.8. The highest BCUT2D eigenvalue weighted by Gasteiger charge is 2.30. The summed E-state index contributed by atoms with van der Waals surface area (Å²) in [5, 5.41) is 3.31. The summed E-state index contributed by atoms with van der Waals surface area (Å²) in [6, 6.07) is -0.102. The topological polar surface area (TPSA) is 41.6 Å². The van der Waals surface area contributed by atoms with Crippen molar-refractivity contribution in [2.75, 3.05) is 26.2 Å². The van der Waals surface area contributed by atoms with Crippen molar-refractivity contribution in [1.29, 1.82) is 0 Å². The van der Waals surface area contributed by atoms with E-state index in [0.29, 0.717) is 11.8 Å². The fraction of sp³-hybridized carbons (Fsp3) is 0.933. The zero-order chi connectivity index (χ0) is 13.8. The molecule has 1 heterocycles. The van der Waals surface area contributed by atoms with Crippen LogP contribution in [0.4, 0.5) is 0 Å². The molecule has 0 radical (unpaired) electrons. The molecule has 110 valence electrons. The highest BCUT2D eigenvalue weighted by atomic mass is 16.5. The molecule has 0 amide bonds. The number of nitrogens with one attached hydrogen (secondary N) is 1. The van der Waals surface area contributed by atoms with Gasteiger partial charge in [-0.25, -0.2) is 0 Å². The molecule has 0 aromatic carbocycles. The SMILES string of the molecule is CC1CC(C)CC(OC(=O)C(C)N2CCNCC2)C1. The summed E-state index contributed by atoms with van der Waals surface area (Å²) in [7, 11) is 0. The molecule has 0 spiro atoms. The molecule has 4 heteroatoms. The average molecular weight is 268 g/mol. The summed E-state index contributed by atoms with van der Waals surface area (Å²) >= 11 is 0.